The van der Waals surface area contributed by atoms with Crippen molar-refractivity contribution in [2.24, 2.45) is 0 Å². The minimum Gasteiger partial charge on any atom is -0.388 e. The molecule has 0 aliphatic carbocycles. The fourth-order valence-corrected chi connectivity index (χ4v) is 2.18. The van der Waals surface area contributed by atoms with Crippen LogP contribution in [0.2, 0.25) is 0 Å². The van der Waals surface area contributed by atoms with Crippen LogP contribution < -0.4 is 0 Å². The standard InChI is InChI=1S/C20H22O4/c21-13-7-12-20(24-15-18-10-5-2-6-11-18)19(22)16-23-14-17-8-3-1-4-9-17/h1-13,19-20,22H,14-16H2/b12-7+/t19-,20-/m0/s1. The van der Waals surface area contributed by atoms with Gasteiger partial charge in [0.15, 0.2) is 0 Å². The molecule has 2 aromatic rings. The van der Waals surface area contributed by atoms with E-state index < -0.39 is 12.2 Å². The topological polar surface area (TPSA) is 55.8 Å². The quantitative estimate of drug-likeness (QED) is 0.539. The van der Waals surface area contributed by atoms with Gasteiger partial charge in [0.2, 0.25) is 0 Å². The zero-order chi connectivity index (χ0) is 17.0. The van der Waals surface area contributed by atoms with Crippen molar-refractivity contribution in [1.29, 1.82) is 0 Å². The summed E-state index contributed by atoms with van der Waals surface area (Å²) in [6.07, 6.45) is 2.08. The Kier molecular flexibility index (Phi) is 7.90. The molecule has 1 N–H and O–H groups in total. The molecule has 4 heteroatoms. The molecule has 0 saturated carbocycles. The Morgan fingerprint density at radius 2 is 1.50 bits per heavy atom. The van der Waals surface area contributed by atoms with Crippen LogP contribution in [0, 0.1) is 0 Å². The highest BCUT2D eigenvalue weighted by Crippen LogP contribution is 2.09. The summed E-state index contributed by atoms with van der Waals surface area (Å²) in [7, 11) is 0. The Labute approximate surface area is 142 Å². The van der Waals surface area contributed by atoms with Crippen molar-refractivity contribution in [3.8, 4) is 0 Å². The van der Waals surface area contributed by atoms with Crippen LogP contribution in [-0.2, 0) is 27.5 Å². The van der Waals surface area contributed by atoms with Crippen molar-refractivity contribution < 1.29 is 19.4 Å². The Hall–Kier alpha value is -2.27. The van der Waals surface area contributed by atoms with E-state index in [4.69, 9.17) is 9.47 Å². The molecule has 0 amide bonds. The first-order chi connectivity index (χ1) is 11.8. The Balaban J connectivity index is 1.83. The molecule has 0 radical (unpaired) electrons. The molecule has 0 unspecified atom stereocenters. The van der Waals surface area contributed by atoms with E-state index in [2.05, 4.69) is 0 Å². The second-order valence-corrected chi connectivity index (χ2v) is 5.35. The monoisotopic (exact) mass is 326 g/mol. The van der Waals surface area contributed by atoms with Crippen LogP contribution in [0.3, 0.4) is 0 Å². The second-order valence-electron chi connectivity index (χ2n) is 5.35. The van der Waals surface area contributed by atoms with Gasteiger partial charge in [0.25, 0.3) is 0 Å². The number of hydrogen-bond donors (Lipinski definition) is 1. The first-order valence-corrected chi connectivity index (χ1v) is 7.87. The average Bonchev–Trinajstić information content (AvgIpc) is 2.63. The maximum atomic E-state index is 10.5. The molecule has 0 fully saturated rings. The fourth-order valence-electron chi connectivity index (χ4n) is 2.18. The number of allylic oxidation sites excluding steroid dienone is 1. The zero-order valence-corrected chi connectivity index (χ0v) is 13.5. The van der Waals surface area contributed by atoms with E-state index in [9.17, 15) is 9.90 Å². The van der Waals surface area contributed by atoms with Crippen LogP contribution in [0.25, 0.3) is 0 Å². The maximum Gasteiger partial charge on any atom is 0.142 e. The highest BCUT2D eigenvalue weighted by Gasteiger charge is 2.17. The van der Waals surface area contributed by atoms with E-state index in [1.54, 1.807) is 6.08 Å². The van der Waals surface area contributed by atoms with Gasteiger partial charge in [-0.1, -0.05) is 60.7 Å². The number of carbonyl (C=O) groups is 1. The average molecular weight is 326 g/mol. The Morgan fingerprint density at radius 1 is 0.917 bits per heavy atom. The summed E-state index contributed by atoms with van der Waals surface area (Å²) in [5.74, 6) is 0. The van der Waals surface area contributed by atoms with E-state index in [1.807, 2.05) is 60.7 Å². The van der Waals surface area contributed by atoms with Crippen molar-refractivity contribution in [1.82, 2.24) is 0 Å². The minimum atomic E-state index is -0.853. The lowest BCUT2D eigenvalue weighted by Crippen LogP contribution is -2.31. The predicted octanol–water partition coefficient (Wildman–Crippen LogP) is 2.90. The first kappa shape index (κ1) is 18.1. The molecule has 0 heterocycles. The van der Waals surface area contributed by atoms with Crippen molar-refractivity contribution in [2.75, 3.05) is 6.61 Å². The van der Waals surface area contributed by atoms with Crippen LogP contribution in [0.1, 0.15) is 11.1 Å². The number of benzene rings is 2. The highest BCUT2D eigenvalue weighted by atomic mass is 16.5. The van der Waals surface area contributed by atoms with Gasteiger partial charge < -0.3 is 14.6 Å². The van der Waals surface area contributed by atoms with Crippen molar-refractivity contribution in [3.63, 3.8) is 0 Å². The van der Waals surface area contributed by atoms with E-state index >= 15 is 0 Å². The van der Waals surface area contributed by atoms with E-state index in [1.165, 1.54) is 6.08 Å². The number of aldehydes is 1. The molecule has 126 valence electrons. The van der Waals surface area contributed by atoms with Gasteiger partial charge in [0.1, 0.15) is 18.5 Å². The highest BCUT2D eigenvalue weighted by molar-refractivity contribution is 5.64. The van der Waals surface area contributed by atoms with E-state index in [-0.39, 0.29) is 6.61 Å². The van der Waals surface area contributed by atoms with Crippen LogP contribution in [0.4, 0.5) is 0 Å². The molecule has 0 saturated heterocycles. The summed E-state index contributed by atoms with van der Waals surface area (Å²) in [6.45, 7) is 0.892. The molecule has 2 aromatic carbocycles. The normalized spacial score (nSPS) is 13.7. The molecule has 24 heavy (non-hydrogen) atoms. The van der Waals surface area contributed by atoms with Crippen molar-refractivity contribution in [2.45, 2.75) is 25.4 Å². The van der Waals surface area contributed by atoms with Gasteiger partial charge in [-0.05, 0) is 23.3 Å². The van der Waals surface area contributed by atoms with Gasteiger partial charge in [-0.3, -0.25) is 4.79 Å². The van der Waals surface area contributed by atoms with Crippen molar-refractivity contribution >= 4 is 6.29 Å². The molecular weight excluding hydrogens is 304 g/mol. The summed E-state index contributed by atoms with van der Waals surface area (Å²) < 4.78 is 11.3. The smallest absolute Gasteiger partial charge is 0.142 e. The Bertz CT molecular complexity index is 610. The predicted molar refractivity (Wildman–Crippen MR) is 92.3 cm³/mol. The molecule has 2 atom stereocenters. The van der Waals surface area contributed by atoms with E-state index in [0.717, 1.165) is 11.1 Å². The third-order valence-corrected chi connectivity index (χ3v) is 3.44. The van der Waals surface area contributed by atoms with Gasteiger partial charge in [0, 0.05) is 0 Å². The largest absolute Gasteiger partial charge is 0.388 e. The molecule has 0 bridgehead atoms. The summed E-state index contributed by atoms with van der Waals surface area (Å²) in [5, 5.41) is 10.3. The molecule has 0 spiro atoms. The summed E-state index contributed by atoms with van der Waals surface area (Å²) in [4.78, 5) is 10.5. The van der Waals surface area contributed by atoms with E-state index in [0.29, 0.717) is 19.5 Å². The van der Waals surface area contributed by atoms with Gasteiger partial charge in [-0.25, -0.2) is 0 Å². The van der Waals surface area contributed by atoms with Crippen molar-refractivity contribution in [3.05, 3.63) is 83.9 Å². The number of aliphatic hydroxyl groups excluding tert-OH is 1. The molecule has 0 aromatic heterocycles. The third kappa shape index (κ3) is 6.46. The number of ether oxygens (including phenoxy) is 2. The first-order valence-electron chi connectivity index (χ1n) is 7.87. The molecule has 0 aliphatic rings. The van der Waals surface area contributed by atoms with Crippen LogP contribution in [-0.4, -0.2) is 30.2 Å². The molecular formula is C20H22O4. The second kappa shape index (κ2) is 10.5. The lowest BCUT2D eigenvalue weighted by molar-refractivity contribution is -0.104. The SMILES string of the molecule is O=C/C=C/[C@H](OCc1ccccc1)[C@@H](O)COCc1ccccc1. The number of hydrogen-bond acceptors (Lipinski definition) is 4. The molecule has 0 aliphatic heterocycles. The third-order valence-electron chi connectivity index (χ3n) is 3.44. The number of carbonyl (C=O) groups excluding carboxylic acids is 1. The summed E-state index contributed by atoms with van der Waals surface area (Å²) in [6, 6.07) is 19.4. The summed E-state index contributed by atoms with van der Waals surface area (Å²) >= 11 is 0. The van der Waals surface area contributed by atoms with Gasteiger partial charge in [-0.15, -0.1) is 0 Å². The molecule has 4 nitrogen and oxygen atoms in total. The summed E-state index contributed by atoms with van der Waals surface area (Å²) in [5.41, 5.74) is 2.04. The van der Waals surface area contributed by atoms with Crippen LogP contribution in [0.15, 0.2) is 72.8 Å². The fraction of sp³-hybridized carbons (Fsp3) is 0.250. The lowest BCUT2D eigenvalue weighted by atomic mass is 10.2. The van der Waals surface area contributed by atoms with Crippen LogP contribution >= 0.6 is 0 Å². The van der Waals surface area contributed by atoms with Gasteiger partial charge in [-0.2, -0.15) is 0 Å². The zero-order valence-electron chi connectivity index (χ0n) is 13.5. The Morgan fingerprint density at radius 3 is 2.08 bits per heavy atom. The van der Waals surface area contributed by atoms with Gasteiger partial charge in [0.05, 0.1) is 19.8 Å². The van der Waals surface area contributed by atoms with Crippen LogP contribution in [0.5, 0.6) is 0 Å². The molecule has 2 rings (SSSR count). The number of rotatable bonds is 10. The maximum absolute atomic E-state index is 10.5. The number of aliphatic hydroxyl groups is 1. The van der Waals surface area contributed by atoms with Gasteiger partial charge >= 0.3 is 0 Å². The lowest BCUT2D eigenvalue weighted by Gasteiger charge is -2.20. The minimum absolute atomic E-state index is 0.123.